The van der Waals surface area contributed by atoms with Crippen LogP contribution in [0.5, 0.6) is 0 Å². The van der Waals surface area contributed by atoms with Gasteiger partial charge in [0.15, 0.2) is 14.6 Å². The molecule has 0 aliphatic heterocycles. The molecule has 0 aliphatic rings. The molecule has 0 saturated heterocycles. The Kier molecular flexibility index (Phi) is 15.5. The number of rotatable bonds is 16. The van der Waals surface area contributed by atoms with Gasteiger partial charge in [0.05, 0.1) is 13.7 Å². The predicted octanol–water partition coefficient (Wildman–Crippen LogP) is 3.75. The van der Waals surface area contributed by atoms with Crippen LogP contribution in [0.15, 0.2) is 0 Å². The molecule has 0 spiro atoms. The average molecular weight is 489 g/mol. The van der Waals surface area contributed by atoms with E-state index in [9.17, 15) is 22.8 Å². The Balaban J connectivity index is 5.42. The van der Waals surface area contributed by atoms with E-state index in [1.54, 1.807) is 6.92 Å². The van der Waals surface area contributed by atoms with E-state index < -0.39 is 20.6 Å². The average Bonchev–Trinajstić information content (AvgIpc) is 2.73. The van der Waals surface area contributed by atoms with E-state index in [1.165, 1.54) is 14.0 Å². The molecule has 2 atom stereocenters. The third-order valence-electron chi connectivity index (χ3n) is 5.34. The Labute approximate surface area is 199 Å². The van der Waals surface area contributed by atoms with Crippen molar-refractivity contribution in [3.05, 3.63) is 0 Å². The Morgan fingerprint density at radius 2 is 1.67 bits per heavy atom. The molecule has 2 unspecified atom stereocenters. The first kappa shape index (κ1) is 30.9. The fourth-order valence-electron chi connectivity index (χ4n) is 3.44. The Morgan fingerprint density at radius 1 is 1.00 bits per heavy atom. The Hall–Kier alpha value is -2.08. The lowest BCUT2D eigenvalue weighted by molar-refractivity contribution is -0.148. The van der Waals surface area contributed by atoms with Gasteiger partial charge < -0.3 is 14.2 Å². The van der Waals surface area contributed by atoms with Crippen molar-refractivity contribution < 1.29 is 37.0 Å². The monoisotopic (exact) mass is 488 g/mol. The zero-order valence-electron chi connectivity index (χ0n) is 20.7. The van der Waals surface area contributed by atoms with Gasteiger partial charge in [0.25, 0.3) is 0 Å². The van der Waals surface area contributed by atoms with Crippen LogP contribution in [-0.4, -0.2) is 57.1 Å². The van der Waals surface area contributed by atoms with Crippen LogP contribution in [0.25, 0.3) is 0 Å². The van der Waals surface area contributed by atoms with Gasteiger partial charge in [-0.2, -0.15) is 0 Å². The van der Waals surface area contributed by atoms with Crippen molar-refractivity contribution in [2.24, 2.45) is 0 Å². The Bertz CT molecular complexity index is 778. The lowest BCUT2D eigenvalue weighted by Crippen LogP contribution is -2.47. The zero-order valence-corrected chi connectivity index (χ0v) is 21.6. The standard InChI is InChI=1S/C24H40O8S/c1-6-8-11-15-21(32-20(3)25)16-14-19-24(33(5,28)29,23(27)31-7-2)18-13-10-9-12-17-22(26)30-4/h21H,6-9,11-12,14-19H2,1-5H3. The molecule has 0 heterocycles. The number of methoxy groups -OCH3 is 1. The lowest BCUT2D eigenvalue weighted by Gasteiger charge is -2.28. The molecular formula is C24H40O8S. The van der Waals surface area contributed by atoms with Gasteiger partial charge in [-0.3, -0.25) is 14.4 Å². The summed E-state index contributed by atoms with van der Waals surface area (Å²) in [5, 5.41) is 0. The summed E-state index contributed by atoms with van der Waals surface area (Å²) in [6.45, 7) is 5.10. The second kappa shape index (κ2) is 16.5. The highest BCUT2D eigenvalue weighted by atomic mass is 32.2. The van der Waals surface area contributed by atoms with E-state index in [0.717, 1.165) is 25.5 Å². The first-order chi connectivity index (χ1) is 15.5. The molecule has 0 fully saturated rings. The van der Waals surface area contributed by atoms with Crippen LogP contribution in [0.3, 0.4) is 0 Å². The molecule has 0 aromatic rings. The smallest absolute Gasteiger partial charge is 0.328 e. The first-order valence-electron chi connectivity index (χ1n) is 11.6. The van der Waals surface area contributed by atoms with Gasteiger partial charge in [-0.25, -0.2) is 8.42 Å². The summed E-state index contributed by atoms with van der Waals surface area (Å²) in [6.07, 6.45) is 6.05. The minimum atomic E-state index is -3.86. The number of hydrogen-bond acceptors (Lipinski definition) is 8. The van der Waals surface area contributed by atoms with E-state index in [2.05, 4.69) is 23.5 Å². The van der Waals surface area contributed by atoms with Crippen molar-refractivity contribution in [3.8, 4) is 11.8 Å². The molecular weight excluding hydrogens is 448 g/mol. The molecule has 0 aromatic carbocycles. The fraction of sp³-hybridized carbons (Fsp3) is 0.792. The highest BCUT2D eigenvalue weighted by Crippen LogP contribution is 2.31. The number of carbonyl (C=O) groups excluding carboxylic acids is 3. The van der Waals surface area contributed by atoms with Gasteiger partial charge in [-0.15, -0.1) is 11.8 Å². The third-order valence-corrected chi connectivity index (χ3v) is 7.27. The minimum absolute atomic E-state index is 0.0209. The molecule has 0 aliphatic carbocycles. The molecule has 9 heteroatoms. The van der Waals surface area contributed by atoms with E-state index in [0.29, 0.717) is 32.1 Å². The maximum Gasteiger partial charge on any atom is 0.328 e. The van der Waals surface area contributed by atoms with Crippen LogP contribution in [0.2, 0.25) is 0 Å². The van der Waals surface area contributed by atoms with Crippen LogP contribution in [0.4, 0.5) is 0 Å². The summed E-state index contributed by atoms with van der Waals surface area (Å²) < 4.78 is 38.8. The topological polar surface area (TPSA) is 113 Å². The molecule has 190 valence electrons. The maximum absolute atomic E-state index is 12.8. The predicted molar refractivity (Wildman–Crippen MR) is 126 cm³/mol. The van der Waals surface area contributed by atoms with Crippen molar-refractivity contribution in [2.75, 3.05) is 20.0 Å². The summed E-state index contributed by atoms with van der Waals surface area (Å²) in [5.74, 6) is 4.13. The van der Waals surface area contributed by atoms with Crippen molar-refractivity contribution in [1.82, 2.24) is 0 Å². The van der Waals surface area contributed by atoms with Crippen LogP contribution in [0.1, 0.15) is 91.4 Å². The quantitative estimate of drug-likeness (QED) is 0.140. The highest BCUT2D eigenvalue weighted by molar-refractivity contribution is 7.92. The molecule has 0 bridgehead atoms. The van der Waals surface area contributed by atoms with Gasteiger partial charge in [0, 0.05) is 32.4 Å². The fourth-order valence-corrected chi connectivity index (χ4v) is 4.66. The van der Waals surface area contributed by atoms with Crippen molar-refractivity contribution >= 4 is 27.7 Å². The second-order valence-electron chi connectivity index (χ2n) is 8.07. The molecule has 0 rings (SSSR count). The van der Waals surface area contributed by atoms with E-state index in [1.807, 2.05) is 0 Å². The number of sulfone groups is 1. The van der Waals surface area contributed by atoms with Gasteiger partial charge in [0.2, 0.25) is 0 Å². The van der Waals surface area contributed by atoms with Crippen LogP contribution in [0, 0.1) is 11.8 Å². The minimum Gasteiger partial charge on any atom is -0.469 e. The van der Waals surface area contributed by atoms with Gasteiger partial charge in [-0.1, -0.05) is 19.8 Å². The van der Waals surface area contributed by atoms with Crippen LogP contribution < -0.4 is 0 Å². The second-order valence-corrected chi connectivity index (χ2v) is 10.4. The molecule has 0 saturated carbocycles. The van der Waals surface area contributed by atoms with Gasteiger partial charge in [0.1, 0.15) is 6.10 Å². The summed E-state index contributed by atoms with van der Waals surface area (Å²) in [4.78, 5) is 35.4. The maximum atomic E-state index is 12.8. The molecule has 0 radical (unpaired) electrons. The third kappa shape index (κ3) is 12.1. The molecule has 0 N–H and O–H groups in total. The van der Waals surface area contributed by atoms with Gasteiger partial charge in [-0.05, 0) is 45.4 Å². The normalized spacial score (nSPS) is 13.7. The molecule has 0 amide bonds. The summed E-state index contributed by atoms with van der Waals surface area (Å²) in [6, 6.07) is 0. The zero-order chi connectivity index (χ0) is 25.3. The summed E-state index contributed by atoms with van der Waals surface area (Å²) in [7, 11) is -2.55. The number of unbranched alkanes of at least 4 members (excludes halogenated alkanes) is 3. The van der Waals surface area contributed by atoms with Crippen molar-refractivity contribution in [3.63, 3.8) is 0 Å². The molecule has 33 heavy (non-hydrogen) atoms. The lowest BCUT2D eigenvalue weighted by atomic mass is 9.95. The summed E-state index contributed by atoms with van der Waals surface area (Å²) >= 11 is 0. The van der Waals surface area contributed by atoms with Gasteiger partial charge >= 0.3 is 17.9 Å². The Morgan fingerprint density at radius 3 is 2.21 bits per heavy atom. The molecule has 0 aromatic heterocycles. The van der Waals surface area contributed by atoms with E-state index >= 15 is 0 Å². The number of carbonyl (C=O) groups is 3. The SMILES string of the molecule is CCCCCC(CCCC(CC#CCCCC(=O)OC)(C(=O)OCC)S(C)(=O)=O)OC(C)=O. The first-order valence-corrected chi connectivity index (χ1v) is 13.5. The number of ether oxygens (including phenoxy) is 3. The van der Waals surface area contributed by atoms with E-state index in [4.69, 9.17) is 9.47 Å². The van der Waals surface area contributed by atoms with E-state index in [-0.39, 0.29) is 43.9 Å². The van der Waals surface area contributed by atoms with Crippen molar-refractivity contribution in [1.29, 1.82) is 0 Å². The van der Waals surface area contributed by atoms with Crippen LogP contribution >= 0.6 is 0 Å². The largest absolute Gasteiger partial charge is 0.469 e. The summed E-state index contributed by atoms with van der Waals surface area (Å²) in [5.41, 5.74) is 0. The van der Waals surface area contributed by atoms with Crippen LogP contribution in [-0.2, 0) is 38.4 Å². The number of esters is 3. The van der Waals surface area contributed by atoms with Crippen molar-refractivity contribution in [2.45, 2.75) is 102 Å². The number of hydrogen-bond donors (Lipinski definition) is 0. The molecule has 8 nitrogen and oxygen atoms in total. The highest BCUT2D eigenvalue weighted by Gasteiger charge is 2.48.